The molecule has 0 amide bonds. The summed E-state index contributed by atoms with van der Waals surface area (Å²) in [6, 6.07) is 12.9. The highest BCUT2D eigenvalue weighted by atomic mass is 35.5. The maximum Gasteiger partial charge on any atom is 0.307 e. The van der Waals surface area contributed by atoms with Crippen LogP contribution in [0.5, 0.6) is 17.4 Å². The number of pyridine rings is 1. The molecular formula is C29H20Cl2F2N2O5S. The van der Waals surface area contributed by atoms with Crippen LogP contribution in [0.4, 0.5) is 8.78 Å². The van der Waals surface area contributed by atoms with Crippen molar-refractivity contribution in [1.82, 2.24) is 9.55 Å². The Morgan fingerprint density at radius 3 is 2.46 bits per heavy atom. The van der Waals surface area contributed by atoms with E-state index in [0.717, 1.165) is 23.5 Å². The summed E-state index contributed by atoms with van der Waals surface area (Å²) in [6.45, 7) is 3.83. The molecule has 210 valence electrons. The van der Waals surface area contributed by atoms with E-state index in [1.165, 1.54) is 6.07 Å². The van der Waals surface area contributed by atoms with E-state index in [0.29, 0.717) is 37.7 Å². The van der Waals surface area contributed by atoms with Crippen molar-refractivity contribution in [3.63, 3.8) is 0 Å². The summed E-state index contributed by atoms with van der Waals surface area (Å²) in [4.78, 5) is 27.1. The van der Waals surface area contributed by atoms with E-state index in [2.05, 4.69) is 11.6 Å². The van der Waals surface area contributed by atoms with Crippen LogP contribution in [0.3, 0.4) is 0 Å². The Kier molecular flexibility index (Phi) is 7.90. The zero-order valence-corrected chi connectivity index (χ0v) is 23.6. The highest BCUT2D eigenvalue weighted by Gasteiger charge is 2.20. The number of aromatic amines is 1. The fourth-order valence-electron chi connectivity index (χ4n) is 4.34. The third-order valence-corrected chi connectivity index (χ3v) is 7.75. The molecule has 0 saturated carbocycles. The van der Waals surface area contributed by atoms with E-state index in [1.807, 2.05) is 0 Å². The molecule has 0 saturated heterocycles. The molecule has 2 N–H and O–H groups in total. The normalized spacial score (nSPS) is 11.1. The smallest absolute Gasteiger partial charge is 0.307 e. The number of aromatic hydroxyl groups is 1. The molecule has 0 atom stereocenters. The summed E-state index contributed by atoms with van der Waals surface area (Å²) >= 11 is 13.4. The Bertz CT molecular complexity index is 1950. The predicted octanol–water partition coefficient (Wildman–Crippen LogP) is 6.77. The van der Waals surface area contributed by atoms with Crippen LogP contribution in [0.15, 0.2) is 70.8 Å². The highest BCUT2D eigenvalue weighted by molar-refractivity contribution is 7.10. The van der Waals surface area contributed by atoms with Crippen LogP contribution >= 0.6 is 34.5 Å². The third kappa shape index (κ3) is 5.58. The van der Waals surface area contributed by atoms with Gasteiger partial charge in [-0.1, -0.05) is 47.2 Å². The molecule has 0 unspecified atom stereocenters. The first-order valence-electron chi connectivity index (χ1n) is 12.0. The van der Waals surface area contributed by atoms with Gasteiger partial charge >= 0.3 is 4.87 Å². The predicted molar refractivity (Wildman–Crippen MR) is 157 cm³/mol. The van der Waals surface area contributed by atoms with E-state index in [4.69, 9.17) is 32.7 Å². The van der Waals surface area contributed by atoms with Gasteiger partial charge in [0.2, 0.25) is 11.3 Å². The lowest BCUT2D eigenvalue weighted by molar-refractivity contribution is 0.216. The van der Waals surface area contributed by atoms with Gasteiger partial charge in [-0.15, -0.1) is 0 Å². The largest absolute Gasteiger partial charge is 0.493 e. The molecule has 0 spiro atoms. The summed E-state index contributed by atoms with van der Waals surface area (Å²) in [7, 11) is 1.67. The maximum absolute atomic E-state index is 14.1. The number of rotatable bonds is 8. The molecule has 41 heavy (non-hydrogen) atoms. The number of hydrogen-bond acceptors (Lipinski definition) is 6. The first-order chi connectivity index (χ1) is 19.5. The molecule has 7 nitrogen and oxygen atoms in total. The molecular weight excluding hydrogens is 597 g/mol. The second kappa shape index (κ2) is 11.4. The van der Waals surface area contributed by atoms with Crippen molar-refractivity contribution < 1.29 is 23.4 Å². The van der Waals surface area contributed by atoms with Crippen molar-refractivity contribution in [2.75, 3.05) is 13.2 Å². The number of ether oxygens (including phenoxy) is 2. The molecule has 5 aromatic rings. The number of benzene rings is 3. The van der Waals surface area contributed by atoms with Crippen molar-refractivity contribution in [1.29, 1.82) is 0 Å². The lowest BCUT2D eigenvalue weighted by Crippen LogP contribution is -2.18. The Labute approximate surface area is 245 Å². The standard InChI is InChI=1S/C29H20Cl2F2N2O5S/c1-14(27-28(37)34-29(38)41-27)15-4-8-23(19(31)11-15)39-9-10-40-26-24(16-3-7-20(32)21(33)12-16)35(2)22-13-17(30)5-6-18(22)25(26)36/h3-8,11-13,37H,1,9-10H2,2H3,(H,34,38). The van der Waals surface area contributed by atoms with Gasteiger partial charge in [-0.25, -0.2) is 8.78 Å². The van der Waals surface area contributed by atoms with Crippen LogP contribution < -0.4 is 19.8 Å². The SMILES string of the molecule is C=C(c1ccc(OCCOc2c(-c3ccc(F)c(F)c3)n(C)c3cc(Cl)ccc3c2=O)c(Cl)c1)c1sc(=O)[nH]c1O. The van der Waals surface area contributed by atoms with Gasteiger partial charge < -0.3 is 19.1 Å². The van der Waals surface area contributed by atoms with Gasteiger partial charge in [-0.2, -0.15) is 0 Å². The van der Waals surface area contributed by atoms with Crippen molar-refractivity contribution in [3.05, 3.63) is 113 Å². The summed E-state index contributed by atoms with van der Waals surface area (Å²) in [6.07, 6.45) is 0. The number of nitrogens with zero attached hydrogens (tertiary/aromatic N) is 1. The van der Waals surface area contributed by atoms with E-state index < -0.39 is 21.9 Å². The Hall–Kier alpha value is -4.12. The lowest BCUT2D eigenvalue weighted by Gasteiger charge is -2.18. The number of aromatic nitrogens is 2. The van der Waals surface area contributed by atoms with Gasteiger partial charge in [0.05, 0.1) is 21.1 Å². The molecule has 2 heterocycles. The Balaban J connectivity index is 1.39. The van der Waals surface area contributed by atoms with Gasteiger partial charge in [0.1, 0.15) is 19.0 Å². The highest BCUT2D eigenvalue weighted by Crippen LogP contribution is 2.35. The number of nitrogens with one attached hydrogen (secondary N) is 1. The summed E-state index contributed by atoms with van der Waals surface area (Å²) in [5.41, 5.74) is 1.48. The lowest BCUT2D eigenvalue weighted by atomic mass is 10.1. The summed E-state index contributed by atoms with van der Waals surface area (Å²) in [5, 5.41) is 10.9. The molecule has 0 fully saturated rings. The van der Waals surface area contributed by atoms with Gasteiger partial charge in [-0.05, 0) is 59.7 Å². The van der Waals surface area contributed by atoms with Crippen molar-refractivity contribution in [2.24, 2.45) is 7.05 Å². The van der Waals surface area contributed by atoms with Crippen molar-refractivity contribution in [2.45, 2.75) is 0 Å². The van der Waals surface area contributed by atoms with E-state index >= 15 is 0 Å². The van der Waals surface area contributed by atoms with Crippen molar-refractivity contribution in [3.8, 4) is 28.6 Å². The molecule has 5 rings (SSSR count). The fraction of sp³-hybridized carbons (Fsp3) is 0.103. The van der Waals surface area contributed by atoms with Gasteiger partial charge in [0, 0.05) is 23.0 Å². The number of thiazole rings is 1. The average molecular weight is 617 g/mol. The number of fused-ring (bicyclic) bond motifs is 1. The number of H-pyrrole nitrogens is 1. The summed E-state index contributed by atoms with van der Waals surface area (Å²) in [5.74, 6) is -2.12. The molecule has 0 radical (unpaired) electrons. The Morgan fingerprint density at radius 1 is 1.02 bits per heavy atom. The molecule has 3 aromatic carbocycles. The van der Waals surface area contributed by atoms with E-state index in [1.54, 1.807) is 48.0 Å². The molecule has 0 aliphatic heterocycles. The van der Waals surface area contributed by atoms with Crippen LogP contribution in [-0.4, -0.2) is 27.9 Å². The van der Waals surface area contributed by atoms with Crippen LogP contribution in [-0.2, 0) is 7.05 Å². The first-order valence-corrected chi connectivity index (χ1v) is 13.6. The van der Waals surface area contributed by atoms with Crippen LogP contribution in [0, 0.1) is 11.6 Å². The van der Waals surface area contributed by atoms with E-state index in [9.17, 15) is 23.5 Å². The second-order valence-corrected chi connectivity index (χ2v) is 10.7. The van der Waals surface area contributed by atoms with Crippen molar-refractivity contribution >= 4 is 51.0 Å². The number of aryl methyl sites for hydroxylation is 1. The number of halogens is 4. The molecule has 12 heteroatoms. The van der Waals surface area contributed by atoms with Gasteiger partial charge in [0.15, 0.2) is 17.4 Å². The summed E-state index contributed by atoms with van der Waals surface area (Å²) < 4.78 is 41.1. The van der Waals surface area contributed by atoms with Crippen LogP contribution in [0.25, 0.3) is 27.7 Å². The fourth-order valence-corrected chi connectivity index (χ4v) is 5.46. The van der Waals surface area contributed by atoms with Crippen LogP contribution in [0.2, 0.25) is 10.0 Å². The minimum atomic E-state index is -1.07. The van der Waals surface area contributed by atoms with Crippen LogP contribution in [0.1, 0.15) is 10.4 Å². The maximum atomic E-state index is 14.1. The first kappa shape index (κ1) is 28.4. The minimum absolute atomic E-state index is 0.0146. The van der Waals surface area contributed by atoms with Gasteiger partial charge in [0.25, 0.3) is 0 Å². The minimum Gasteiger partial charge on any atom is -0.493 e. The molecule has 0 aliphatic rings. The topological polar surface area (TPSA) is 93.5 Å². The zero-order valence-electron chi connectivity index (χ0n) is 21.3. The number of hydrogen-bond donors (Lipinski definition) is 2. The quantitative estimate of drug-likeness (QED) is 0.188. The molecule has 2 aromatic heterocycles. The third-order valence-electron chi connectivity index (χ3n) is 6.29. The molecule has 0 bridgehead atoms. The molecule has 0 aliphatic carbocycles. The zero-order chi connectivity index (χ0) is 29.4. The van der Waals surface area contributed by atoms with E-state index in [-0.39, 0.29) is 41.1 Å². The Morgan fingerprint density at radius 2 is 1.78 bits per heavy atom. The second-order valence-electron chi connectivity index (χ2n) is 8.87. The average Bonchev–Trinajstić information content (AvgIpc) is 3.28. The monoisotopic (exact) mass is 616 g/mol. The van der Waals surface area contributed by atoms with Gasteiger partial charge in [-0.3, -0.25) is 14.6 Å².